The molecule has 2 saturated heterocycles. The molecule has 2 aliphatic rings. The molecule has 5 N–H and O–H groups in total. The lowest BCUT2D eigenvalue weighted by molar-refractivity contribution is -0.146. The van der Waals surface area contributed by atoms with E-state index in [2.05, 4.69) is 31.7 Å². The number of hydrogen-bond acceptors (Lipinski definition) is 8. The van der Waals surface area contributed by atoms with Crippen LogP contribution in [0.4, 0.5) is 14.5 Å². The predicted octanol–water partition coefficient (Wildman–Crippen LogP) is 3.19. The summed E-state index contributed by atoms with van der Waals surface area (Å²) >= 11 is 5.14. The van der Waals surface area contributed by atoms with E-state index in [1.165, 1.54) is 30.3 Å². The molecule has 5 amide bonds. The standard InChI is InChI=1S/C38H48F2N8O6S/c1-21(2)32(44-31(50)20-42-38(55)43-27-9-6-5-8-26(27)40)35(51)41-19-30(49)45-33(22(3)4)37(53)48-15-7-10-28(48)36(52)47-16-13-23(14-17-47)34-25-12-11-24(39)18-29(25)54-46-34/h5-6,8-9,11-12,18,21-23,28,32-33H,7,10,13-17,19-20H2,1-4H3,(H,41,51)(H,44,50)(H,45,49)(H2,42,43,55)/t28-,32-,33-/m0/s1. The van der Waals surface area contributed by atoms with Gasteiger partial charge in [-0.05, 0) is 74.0 Å². The van der Waals surface area contributed by atoms with Gasteiger partial charge in [-0.15, -0.1) is 0 Å². The van der Waals surface area contributed by atoms with Gasteiger partial charge in [-0.2, -0.15) is 0 Å². The van der Waals surface area contributed by atoms with Crippen LogP contribution < -0.4 is 26.6 Å². The van der Waals surface area contributed by atoms with Crippen molar-refractivity contribution < 1.29 is 37.3 Å². The second-order valence-corrected chi connectivity index (χ2v) is 15.0. The first-order valence-electron chi connectivity index (χ1n) is 18.5. The number of carbonyl (C=O) groups is 5. The minimum atomic E-state index is -0.987. The number of thiocarbonyl (C=S) groups is 1. The lowest BCUT2D eigenvalue weighted by atomic mass is 9.91. The van der Waals surface area contributed by atoms with E-state index in [1.807, 2.05) is 0 Å². The zero-order valence-corrected chi connectivity index (χ0v) is 32.1. The van der Waals surface area contributed by atoms with E-state index in [4.69, 9.17) is 16.7 Å². The third-order valence-corrected chi connectivity index (χ3v) is 10.2. The fourth-order valence-electron chi connectivity index (χ4n) is 6.94. The first kappa shape index (κ1) is 41.0. The highest BCUT2D eigenvalue weighted by molar-refractivity contribution is 7.80. The molecule has 3 heterocycles. The van der Waals surface area contributed by atoms with Crippen LogP contribution in [0.1, 0.15) is 65.0 Å². The molecule has 0 saturated carbocycles. The Morgan fingerprint density at radius 1 is 0.873 bits per heavy atom. The highest BCUT2D eigenvalue weighted by Crippen LogP contribution is 2.34. The number of likely N-dealkylation sites (tertiary alicyclic amines) is 2. The molecule has 0 aliphatic carbocycles. The number of nitrogens with one attached hydrogen (secondary N) is 5. The number of amides is 5. The van der Waals surface area contributed by atoms with Crippen LogP contribution in [0, 0.1) is 23.5 Å². The van der Waals surface area contributed by atoms with E-state index < -0.39 is 54.0 Å². The number of anilines is 1. The van der Waals surface area contributed by atoms with Crippen molar-refractivity contribution in [3.05, 3.63) is 59.8 Å². The largest absolute Gasteiger partial charge is 0.356 e. The molecular formula is C38H48F2N8O6S. The number of para-hydroxylation sites is 1. The summed E-state index contributed by atoms with van der Waals surface area (Å²) in [5.41, 5.74) is 1.27. The van der Waals surface area contributed by atoms with Crippen LogP contribution >= 0.6 is 12.2 Å². The summed E-state index contributed by atoms with van der Waals surface area (Å²) in [7, 11) is 0. The monoisotopic (exact) mass is 782 g/mol. The lowest BCUT2D eigenvalue weighted by Crippen LogP contribution is -2.57. The van der Waals surface area contributed by atoms with Crippen molar-refractivity contribution in [2.24, 2.45) is 11.8 Å². The predicted molar refractivity (Wildman–Crippen MR) is 204 cm³/mol. The van der Waals surface area contributed by atoms with E-state index in [-0.39, 0.29) is 46.9 Å². The van der Waals surface area contributed by atoms with Crippen LogP contribution in [-0.2, 0) is 24.0 Å². The van der Waals surface area contributed by atoms with Crippen LogP contribution in [0.15, 0.2) is 47.0 Å². The fourth-order valence-corrected chi connectivity index (χ4v) is 7.12. The van der Waals surface area contributed by atoms with Gasteiger partial charge < -0.3 is 40.9 Å². The Bertz CT molecular complexity index is 1900. The fraction of sp³-hybridized carbons (Fsp3) is 0.500. The van der Waals surface area contributed by atoms with E-state index in [0.717, 1.165) is 11.1 Å². The lowest BCUT2D eigenvalue weighted by Gasteiger charge is -2.36. The number of aromatic nitrogens is 1. The Hall–Kier alpha value is -5.19. The average molecular weight is 783 g/mol. The molecule has 3 atom stereocenters. The van der Waals surface area contributed by atoms with Crippen LogP contribution in [0.25, 0.3) is 11.0 Å². The minimum Gasteiger partial charge on any atom is -0.356 e. The van der Waals surface area contributed by atoms with E-state index in [1.54, 1.807) is 49.6 Å². The molecule has 0 spiro atoms. The summed E-state index contributed by atoms with van der Waals surface area (Å²) in [6, 6.07) is 7.66. The summed E-state index contributed by atoms with van der Waals surface area (Å²) in [5, 5.41) is 18.2. The molecule has 3 aromatic rings. The van der Waals surface area contributed by atoms with Gasteiger partial charge in [0, 0.05) is 37.0 Å². The Morgan fingerprint density at radius 3 is 2.20 bits per heavy atom. The van der Waals surface area contributed by atoms with Gasteiger partial charge in [0.25, 0.3) is 0 Å². The van der Waals surface area contributed by atoms with E-state index in [0.29, 0.717) is 50.9 Å². The van der Waals surface area contributed by atoms with Gasteiger partial charge in [0.15, 0.2) is 10.7 Å². The quantitative estimate of drug-likeness (QED) is 0.162. The van der Waals surface area contributed by atoms with Crippen molar-refractivity contribution in [2.75, 3.05) is 38.0 Å². The van der Waals surface area contributed by atoms with E-state index >= 15 is 0 Å². The molecule has 17 heteroatoms. The molecule has 0 unspecified atom stereocenters. The maximum atomic E-state index is 13.9. The Balaban J connectivity index is 1.09. The van der Waals surface area contributed by atoms with Crippen LogP contribution in [-0.4, -0.2) is 100 Å². The highest BCUT2D eigenvalue weighted by atomic mass is 32.1. The maximum Gasteiger partial charge on any atom is 0.246 e. The van der Waals surface area contributed by atoms with Crippen LogP contribution in [0.5, 0.6) is 0 Å². The highest BCUT2D eigenvalue weighted by Gasteiger charge is 2.41. The maximum absolute atomic E-state index is 13.9. The Labute approximate surface area is 323 Å². The van der Waals surface area contributed by atoms with Crippen LogP contribution in [0.3, 0.4) is 0 Å². The normalized spacial score (nSPS) is 17.2. The Morgan fingerprint density at radius 2 is 1.53 bits per heavy atom. The van der Waals surface area contributed by atoms with Crippen molar-refractivity contribution in [3.63, 3.8) is 0 Å². The third kappa shape index (κ3) is 10.3. The molecule has 2 aliphatic heterocycles. The van der Waals surface area contributed by atoms with Crippen molar-refractivity contribution in [1.82, 2.24) is 36.2 Å². The summed E-state index contributed by atoms with van der Waals surface area (Å²) < 4.78 is 32.9. The zero-order chi connectivity index (χ0) is 39.8. The molecular weight excluding hydrogens is 735 g/mol. The molecule has 296 valence electrons. The molecule has 2 aromatic carbocycles. The van der Waals surface area contributed by atoms with Gasteiger partial charge in [-0.3, -0.25) is 24.0 Å². The van der Waals surface area contributed by atoms with E-state index in [9.17, 15) is 32.8 Å². The summed E-state index contributed by atoms with van der Waals surface area (Å²) in [6.07, 6.45) is 2.43. The average Bonchev–Trinajstić information content (AvgIpc) is 3.82. The smallest absolute Gasteiger partial charge is 0.246 e. The topological polar surface area (TPSA) is 178 Å². The molecule has 2 fully saturated rings. The second-order valence-electron chi connectivity index (χ2n) is 14.6. The summed E-state index contributed by atoms with van der Waals surface area (Å²) in [4.78, 5) is 69.8. The summed E-state index contributed by atoms with van der Waals surface area (Å²) in [5.74, 6) is -3.81. The number of nitrogens with zero attached hydrogens (tertiary/aromatic N) is 3. The number of rotatable bonds is 13. The molecule has 0 radical (unpaired) electrons. The first-order valence-corrected chi connectivity index (χ1v) is 18.9. The van der Waals surface area contributed by atoms with Gasteiger partial charge in [-0.1, -0.05) is 45.0 Å². The van der Waals surface area contributed by atoms with Crippen LogP contribution in [0.2, 0.25) is 0 Å². The van der Waals surface area contributed by atoms with Gasteiger partial charge in [0.05, 0.1) is 24.5 Å². The second kappa shape index (κ2) is 18.4. The molecule has 5 rings (SSSR count). The van der Waals surface area contributed by atoms with Crippen molar-refractivity contribution in [1.29, 1.82) is 0 Å². The number of carbonyl (C=O) groups excluding carboxylic acids is 5. The minimum absolute atomic E-state index is 0.0134. The molecule has 14 nitrogen and oxygen atoms in total. The number of hydrogen-bond donors (Lipinski definition) is 5. The summed E-state index contributed by atoms with van der Waals surface area (Å²) in [6.45, 7) is 7.60. The van der Waals surface area contributed by atoms with Crippen molar-refractivity contribution >= 4 is 63.5 Å². The number of benzene rings is 2. The van der Waals surface area contributed by atoms with Gasteiger partial charge >= 0.3 is 0 Å². The number of fused-ring (bicyclic) bond motifs is 1. The van der Waals surface area contributed by atoms with Crippen molar-refractivity contribution in [3.8, 4) is 0 Å². The van der Waals surface area contributed by atoms with Gasteiger partial charge in [0.1, 0.15) is 29.8 Å². The Kier molecular flexibility index (Phi) is 13.7. The van der Waals surface area contributed by atoms with Gasteiger partial charge in [0.2, 0.25) is 29.5 Å². The zero-order valence-electron chi connectivity index (χ0n) is 31.3. The first-order chi connectivity index (χ1) is 26.2. The molecule has 0 bridgehead atoms. The molecule has 55 heavy (non-hydrogen) atoms. The van der Waals surface area contributed by atoms with Crippen molar-refractivity contribution in [2.45, 2.75) is 77.4 Å². The van der Waals surface area contributed by atoms with Gasteiger partial charge in [-0.25, -0.2) is 8.78 Å². The number of piperidine rings is 1. The third-order valence-electron chi connectivity index (χ3n) is 9.95. The SMILES string of the molecule is CC(C)[C@H](NC(=O)CNC(=S)Nc1ccccc1F)C(=O)NCC(=O)N[C@H](C(=O)N1CCC[C@H]1C(=O)N1CCC(c2noc3cc(F)ccc23)CC1)C(C)C. The molecule has 1 aromatic heterocycles. The number of halogens is 2.